The minimum Gasteiger partial charge on any atom is -0.497 e. The Labute approximate surface area is 162 Å². The number of fused-ring (bicyclic) bond motifs is 2. The first kappa shape index (κ1) is 16.8. The molecule has 2 aromatic carbocycles. The summed E-state index contributed by atoms with van der Waals surface area (Å²) in [4.78, 5) is 26.3. The first-order valence-electron chi connectivity index (χ1n) is 9.50. The second-order valence-corrected chi connectivity index (χ2v) is 7.08. The van der Waals surface area contributed by atoms with E-state index in [9.17, 15) is 4.79 Å². The summed E-state index contributed by atoms with van der Waals surface area (Å²) in [6, 6.07) is 13.7. The van der Waals surface area contributed by atoms with Crippen LogP contribution in [0.15, 0.2) is 42.5 Å². The van der Waals surface area contributed by atoms with E-state index in [0.29, 0.717) is 5.75 Å². The number of amides is 1. The van der Waals surface area contributed by atoms with E-state index in [4.69, 9.17) is 14.7 Å². The van der Waals surface area contributed by atoms with E-state index < -0.39 is 0 Å². The van der Waals surface area contributed by atoms with E-state index in [1.165, 1.54) is 0 Å². The number of aromatic nitrogens is 2. The topological polar surface area (TPSA) is 70.6 Å². The third-order valence-electron chi connectivity index (χ3n) is 5.29. The second kappa shape index (κ2) is 6.67. The van der Waals surface area contributed by atoms with Gasteiger partial charge < -0.3 is 19.9 Å². The summed E-state index contributed by atoms with van der Waals surface area (Å²) in [7, 11) is 1.62. The lowest BCUT2D eigenvalue weighted by molar-refractivity contribution is -0.115. The Morgan fingerprint density at radius 3 is 2.71 bits per heavy atom. The molecule has 1 N–H and O–H groups in total. The summed E-state index contributed by atoms with van der Waals surface area (Å²) in [5.41, 5.74) is 2.51. The van der Waals surface area contributed by atoms with Gasteiger partial charge in [-0.25, -0.2) is 4.98 Å². The van der Waals surface area contributed by atoms with Crippen LogP contribution in [-0.2, 0) is 4.79 Å². The monoisotopic (exact) mass is 375 g/mol. The average molecular weight is 375 g/mol. The normalized spacial score (nSPS) is 16.2. The number of ether oxygens (including phenoxy) is 1. The van der Waals surface area contributed by atoms with Crippen molar-refractivity contribution >= 4 is 40.0 Å². The van der Waals surface area contributed by atoms with Crippen LogP contribution in [0, 0.1) is 0 Å². The molecule has 1 saturated heterocycles. The van der Waals surface area contributed by atoms with Gasteiger partial charge in [0.25, 0.3) is 0 Å². The second-order valence-electron chi connectivity index (χ2n) is 7.08. The fourth-order valence-corrected chi connectivity index (χ4v) is 3.90. The number of nitrogens with zero attached hydrogens (tertiary/aromatic N) is 4. The molecule has 1 amide bonds. The lowest BCUT2D eigenvalue weighted by Gasteiger charge is -2.31. The van der Waals surface area contributed by atoms with E-state index in [-0.39, 0.29) is 12.5 Å². The zero-order valence-corrected chi connectivity index (χ0v) is 15.7. The van der Waals surface area contributed by atoms with Gasteiger partial charge in [-0.05, 0) is 37.1 Å². The van der Waals surface area contributed by atoms with E-state index >= 15 is 0 Å². The minimum absolute atomic E-state index is 0.0776. The molecule has 0 radical (unpaired) electrons. The van der Waals surface area contributed by atoms with Crippen LogP contribution in [0.1, 0.15) is 12.8 Å². The molecule has 0 bridgehead atoms. The summed E-state index contributed by atoms with van der Waals surface area (Å²) in [5.74, 6) is 2.11. The lowest BCUT2D eigenvalue weighted by atomic mass is 10.1. The molecule has 2 aliphatic heterocycles. The fourth-order valence-electron chi connectivity index (χ4n) is 3.90. The van der Waals surface area contributed by atoms with Crippen molar-refractivity contribution in [1.29, 1.82) is 0 Å². The van der Waals surface area contributed by atoms with E-state index in [1.807, 2.05) is 47.4 Å². The van der Waals surface area contributed by atoms with Gasteiger partial charge in [0, 0.05) is 24.5 Å². The SMILES string of the molecule is COc1ccc2c(c1)NC(=O)CN2c1nc(N2CCCC2)nc2ccccc12. The van der Waals surface area contributed by atoms with Crippen LogP contribution < -0.4 is 19.9 Å². The predicted molar refractivity (Wildman–Crippen MR) is 110 cm³/mol. The van der Waals surface area contributed by atoms with Gasteiger partial charge in [0.15, 0.2) is 0 Å². The molecule has 7 nitrogen and oxygen atoms in total. The molecule has 3 aromatic rings. The molecule has 2 aliphatic rings. The first-order chi connectivity index (χ1) is 13.7. The number of rotatable bonds is 3. The van der Waals surface area contributed by atoms with Gasteiger partial charge in [0.2, 0.25) is 11.9 Å². The Morgan fingerprint density at radius 1 is 1.07 bits per heavy atom. The molecule has 0 atom stereocenters. The third kappa shape index (κ3) is 2.79. The molecule has 0 spiro atoms. The number of anilines is 4. The maximum absolute atomic E-state index is 12.4. The maximum Gasteiger partial charge on any atom is 0.244 e. The van der Waals surface area contributed by atoms with Gasteiger partial charge >= 0.3 is 0 Å². The highest BCUT2D eigenvalue weighted by Crippen LogP contribution is 2.39. The van der Waals surface area contributed by atoms with Crippen LogP contribution in [0.5, 0.6) is 5.75 Å². The highest BCUT2D eigenvalue weighted by molar-refractivity contribution is 6.06. The fraction of sp³-hybridized carbons (Fsp3) is 0.286. The lowest BCUT2D eigenvalue weighted by Crippen LogP contribution is -2.36. The average Bonchev–Trinajstić information content (AvgIpc) is 3.26. The third-order valence-corrected chi connectivity index (χ3v) is 5.29. The van der Waals surface area contributed by atoms with Crippen LogP contribution in [0.4, 0.5) is 23.1 Å². The molecule has 5 rings (SSSR count). The molecule has 28 heavy (non-hydrogen) atoms. The summed E-state index contributed by atoms with van der Waals surface area (Å²) >= 11 is 0. The van der Waals surface area contributed by atoms with Crippen molar-refractivity contribution in [2.24, 2.45) is 0 Å². The Hall–Kier alpha value is -3.35. The molecule has 0 aliphatic carbocycles. The van der Waals surface area contributed by atoms with Gasteiger partial charge in [-0.15, -0.1) is 0 Å². The zero-order chi connectivity index (χ0) is 19.1. The summed E-state index contributed by atoms with van der Waals surface area (Å²) in [5, 5.41) is 3.87. The number of para-hydroxylation sites is 1. The van der Waals surface area contributed by atoms with Gasteiger partial charge in [-0.2, -0.15) is 4.98 Å². The molecule has 142 valence electrons. The van der Waals surface area contributed by atoms with Gasteiger partial charge in [0.05, 0.1) is 24.0 Å². The number of benzene rings is 2. The number of carbonyl (C=O) groups is 1. The molecular weight excluding hydrogens is 354 g/mol. The standard InChI is InChI=1S/C21H21N5O2/c1-28-14-8-9-18-17(12-14)22-19(27)13-26(18)20-15-6-2-3-7-16(15)23-21(24-20)25-10-4-5-11-25/h2-3,6-9,12H,4-5,10-11,13H2,1H3,(H,22,27). The Kier molecular flexibility index (Phi) is 4.00. The van der Waals surface area contributed by atoms with Crippen molar-refractivity contribution in [2.75, 3.05) is 41.9 Å². The Bertz CT molecular complexity index is 1060. The molecule has 0 saturated carbocycles. The number of nitrogens with one attached hydrogen (secondary N) is 1. The number of hydrogen-bond donors (Lipinski definition) is 1. The highest BCUT2D eigenvalue weighted by atomic mass is 16.5. The van der Waals surface area contributed by atoms with Crippen LogP contribution in [0.3, 0.4) is 0 Å². The smallest absolute Gasteiger partial charge is 0.244 e. The van der Waals surface area contributed by atoms with Crippen LogP contribution in [0.25, 0.3) is 10.9 Å². The molecule has 1 fully saturated rings. The number of carbonyl (C=O) groups excluding carboxylic acids is 1. The molecule has 0 unspecified atom stereocenters. The van der Waals surface area contributed by atoms with Crippen LogP contribution in [0.2, 0.25) is 0 Å². The van der Waals surface area contributed by atoms with Crippen molar-refractivity contribution in [3.63, 3.8) is 0 Å². The summed E-state index contributed by atoms with van der Waals surface area (Å²) < 4.78 is 5.31. The van der Waals surface area contributed by atoms with Crippen molar-refractivity contribution in [1.82, 2.24) is 9.97 Å². The summed E-state index contributed by atoms with van der Waals surface area (Å²) in [6.45, 7) is 2.14. The number of hydrogen-bond acceptors (Lipinski definition) is 6. The first-order valence-corrected chi connectivity index (χ1v) is 9.50. The largest absolute Gasteiger partial charge is 0.497 e. The summed E-state index contributed by atoms with van der Waals surface area (Å²) in [6.07, 6.45) is 2.31. The van der Waals surface area contributed by atoms with Crippen LogP contribution in [-0.4, -0.2) is 42.6 Å². The van der Waals surface area contributed by atoms with Gasteiger partial charge in [-0.3, -0.25) is 4.79 Å². The zero-order valence-electron chi connectivity index (χ0n) is 15.7. The van der Waals surface area contributed by atoms with Gasteiger partial charge in [-0.1, -0.05) is 12.1 Å². The maximum atomic E-state index is 12.4. The molecular formula is C21H21N5O2. The number of methoxy groups -OCH3 is 1. The van der Waals surface area contributed by atoms with Gasteiger partial charge in [0.1, 0.15) is 18.1 Å². The van der Waals surface area contributed by atoms with E-state index in [2.05, 4.69) is 10.2 Å². The quantitative estimate of drug-likeness (QED) is 0.757. The molecule has 3 heterocycles. The Balaban J connectivity index is 1.69. The van der Waals surface area contributed by atoms with Crippen molar-refractivity contribution < 1.29 is 9.53 Å². The Morgan fingerprint density at radius 2 is 1.89 bits per heavy atom. The highest BCUT2D eigenvalue weighted by Gasteiger charge is 2.27. The van der Waals surface area contributed by atoms with E-state index in [1.54, 1.807) is 7.11 Å². The van der Waals surface area contributed by atoms with Crippen molar-refractivity contribution in [3.8, 4) is 5.75 Å². The minimum atomic E-state index is -0.0776. The van der Waals surface area contributed by atoms with Crippen LogP contribution >= 0.6 is 0 Å². The van der Waals surface area contributed by atoms with E-state index in [0.717, 1.165) is 60.0 Å². The molecule has 1 aromatic heterocycles. The predicted octanol–water partition coefficient (Wildman–Crippen LogP) is 3.33. The van der Waals surface area contributed by atoms with Crippen molar-refractivity contribution in [2.45, 2.75) is 12.8 Å². The molecule has 7 heteroatoms. The van der Waals surface area contributed by atoms with Crippen molar-refractivity contribution in [3.05, 3.63) is 42.5 Å².